The monoisotopic (exact) mass is 428 g/mol. The molecular formula is C23H20N6O3. The first-order chi connectivity index (χ1) is 15.6. The molecule has 0 saturated heterocycles. The summed E-state index contributed by atoms with van der Waals surface area (Å²) in [5.41, 5.74) is 2.39. The van der Waals surface area contributed by atoms with Crippen molar-refractivity contribution in [3.05, 3.63) is 84.4 Å². The number of hydrogen-bond acceptors (Lipinski definition) is 6. The highest BCUT2D eigenvalue weighted by molar-refractivity contribution is 6.05. The largest absolute Gasteiger partial charge is 0.495 e. The van der Waals surface area contributed by atoms with Crippen molar-refractivity contribution in [2.24, 2.45) is 0 Å². The SMILES string of the molecule is COc1ccccc1NC(=O)c1ccc(NC(=O)Cn2nnc(-c3ccccc3)n2)cc1. The third kappa shape index (κ3) is 4.96. The highest BCUT2D eigenvalue weighted by Gasteiger charge is 2.12. The van der Waals surface area contributed by atoms with Gasteiger partial charge in [-0.15, -0.1) is 10.2 Å². The molecule has 0 fully saturated rings. The number of para-hydroxylation sites is 2. The Labute approximate surface area is 184 Å². The average Bonchev–Trinajstić information content (AvgIpc) is 3.28. The number of amides is 2. The summed E-state index contributed by atoms with van der Waals surface area (Å²) in [5.74, 6) is 0.423. The smallest absolute Gasteiger partial charge is 0.255 e. The van der Waals surface area contributed by atoms with Gasteiger partial charge in [0, 0.05) is 16.8 Å². The van der Waals surface area contributed by atoms with E-state index in [1.54, 1.807) is 43.5 Å². The molecule has 4 rings (SSSR count). The maximum atomic E-state index is 12.5. The molecule has 2 amide bonds. The average molecular weight is 428 g/mol. The number of carbonyl (C=O) groups excluding carboxylic acids is 2. The minimum atomic E-state index is -0.312. The van der Waals surface area contributed by atoms with Gasteiger partial charge in [0.25, 0.3) is 5.91 Å². The Hall–Kier alpha value is -4.53. The maximum absolute atomic E-state index is 12.5. The lowest BCUT2D eigenvalue weighted by atomic mass is 10.2. The van der Waals surface area contributed by atoms with Crippen LogP contribution in [0.2, 0.25) is 0 Å². The number of aromatic nitrogens is 4. The zero-order valence-corrected chi connectivity index (χ0v) is 17.2. The molecule has 0 aliphatic heterocycles. The van der Waals surface area contributed by atoms with Gasteiger partial charge >= 0.3 is 0 Å². The highest BCUT2D eigenvalue weighted by atomic mass is 16.5. The molecule has 0 aliphatic carbocycles. The molecule has 9 heteroatoms. The Morgan fingerprint density at radius 2 is 1.62 bits per heavy atom. The van der Waals surface area contributed by atoms with E-state index < -0.39 is 0 Å². The van der Waals surface area contributed by atoms with Crippen LogP contribution in [-0.2, 0) is 11.3 Å². The molecule has 1 aromatic heterocycles. The minimum absolute atomic E-state index is 0.0874. The Balaban J connectivity index is 1.35. The second-order valence-electron chi connectivity index (χ2n) is 6.79. The van der Waals surface area contributed by atoms with Gasteiger partial charge in [-0.2, -0.15) is 4.80 Å². The van der Waals surface area contributed by atoms with E-state index in [0.717, 1.165) is 5.56 Å². The van der Waals surface area contributed by atoms with Crippen LogP contribution in [0.15, 0.2) is 78.9 Å². The van der Waals surface area contributed by atoms with E-state index in [-0.39, 0.29) is 18.4 Å². The molecule has 0 atom stereocenters. The molecule has 32 heavy (non-hydrogen) atoms. The van der Waals surface area contributed by atoms with Gasteiger partial charge in [0.05, 0.1) is 12.8 Å². The molecule has 0 spiro atoms. The molecule has 0 aliphatic rings. The van der Waals surface area contributed by atoms with Crippen molar-refractivity contribution >= 4 is 23.2 Å². The first-order valence-corrected chi connectivity index (χ1v) is 9.80. The molecule has 2 N–H and O–H groups in total. The van der Waals surface area contributed by atoms with Crippen molar-refractivity contribution in [3.63, 3.8) is 0 Å². The van der Waals surface area contributed by atoms with Gasteiger partial charge in [0.2, 0.25) is 11.7 Å². The van der Waals surface area contributed by atoms with Crippen molar-refractivity contribution in [2.45, 2.75) is 6.54 Å². The molecule has 0 bridgehead atoms. The van der Waals surface area contributed by atoms with E-state index in [1.165, 1.54) is 4.80 Å². The van der Waals surface area contributed by atoms with Crippen molar-refractivity contribution < 1.29 is 14.3 Å². The summed E-state index contributed by atoms with van der Waals surface area (Å²) >= 11 is 0. The second kappa shape index (κ2) is 9.52. The fourth-order valence-corrected chi connectivity index (χ4v) is 2.99. The number of hydrogen-bond donors (Lipinski definition) is 2. The quantitative estimate of drug-likeness (QED) is 0.468. The van der Waals surface area contributed by atoms with Gasteiger partial charge in [0.1, 0.15) is 12.3 Å². The van der Waals surface area contributed by atoms with Crippen molar-refractivity contribution in [1.82, 2.24) is 20.2 Å². The summed E-state index contributed by atoms with van der Waals surface area (Å²) in [5, 5.41) is 17.7. The summed E-state index contributed by atoms with van der Waals surface area (Å²) in [6.45, 7) is -0.0874. The molecular weight excluding hydrogens is 408 g/mol. The predicted octanol–water partition coefficient (Wildman–Crippen LogP) is 3.24. The Kier molecular flexibility index (Phi) is 6.17. The van der Waals surface area contributed by atoms with E-state index in [1.807, 2.05) is 42.5 Å². The van der Waals surface area contributed by atoms with Crippen molar-refractivity contribution in [3.8, 4) is 17.1 Å². The van der Waals surface area contributed by atoms with Gasteiger partial charge in [-0.3, -0.25) is 9.59 Å². The Morgan fingerprint density at radius 3 is 2.38 bits per heavy atom. The molecule has 0 radical (unpaired) electrons. The molecule has 0 saturated carbocycles. The maximum Gasteiger partial charge on any atom is 0.255 e. The van der Waals surface area contributed by atoms with Gasteiger partial charge < -0.3 is 15.4 Å². The summed E-state index contributed by atoms with van der Waals surface area (Å²) in [4.78, 5) is 26.0. The Bertz CT molecular complexity index is 1220. The van der Waals surface area contributed by atoms with E-state index >= 15 is 0 Å². The molecule has 160 valence electrons. The van der Waals surface area contributed by atoms with Crippen LogP contribution in [0.5, 0.6) is 5.75 Å². The standard InChI is InChI=1S/C23H20N6O3/c1-32-20-10-6-5-9-19(20)25-23(31)17-11-13-18(14-12-17)24-21(30)15-29-27-22(26-28-29)16-7-3-2-4-8-16/h2-14H,15H2,1H3,(H,24,30)(H,25,31). The van der Waals surface area contributed by atoms with E-state index in [2.05, 4.69) is 26.0 Å². The Morgan fingerprint density at radius 1 is 0.906 bits per heavy atom. The number of benzene rings is 3. The van der Waals surface area contributed by atoms with E-state index in [0.29, 0.717) is 28.5 Å². The van der Waals surface area contributed by atoms with Crippen LogP contribution >= 0.6 is 0 Å². The number of anilines is 2. The highest BCUT2D eigenvalue weighted by Crippen LogP contribution is 2.24. The van der Waals surface area contributed by atoms with E-state index in [4.69, 9.17) is 4.74 Å². The molecule has 3 aromatic carbocycles. The van der Waals surface area contributed by atoms with E-state index in [9.17, 15) is 9.59 Å². The fraction of sp³-hybridized carbons (Fsp3) is 0.0870. The molecule has 9 nitrogen and oxygen atoms in total. The van der Waals surface area contributed by atoms with Crippen LogP contribution < -0.4 is 15.4 Å². The van der Waals surface area contributed by atoms with Crippen LogP contribution in [0.25, 0.3) is 11.4 Å². The fourth-order valence-electron chi connectivity index (χ4n) is 2.99. The number of tetrazole rings is 1. The zero-order valence-electron chi connectivity index (χ0n) is 17.2. The molecule has 4 aromatic rings. The number of rotatable bonds is 7. The lowest BCUT2D eigenvalue weighted by molar-refractivity contribution is -0.117. The molecule has 0 unspecified atom stereocenters. The summed E-state index contributed by atoms with van der Waals surface area (Å²) in [7, 11) is 1.54. The number of nitrogens with one attached hydrogen (secondary N) is 2. The van der Waals surface area contributed by atoms with Crippen LogP contribution in [0.3, 0.4) is 0 Å². The number of carbonyl (C=O) groups is 2. The lowest BCUT2D eigenvalue weighted by Gasteiger charge is -2.10. The number of ether oxygens (including phenoxy) is 1. The first kappa shape index (κ1) is 20.7. The zero-order chi connectivity index (χ0) is 22.3. The van der Waals surface area contributed by atoms with Crippen LogP contribution in [-0.4, -0.2) is 39.1 Å². The third-order valence-corrected chi connectivity index (χ3v) is 4.56. The second-order valence-corrected chi connectivity index (χ2v) is 6.79. The summed E-state index contributed by atoms with van der Waals surface area (Å²) < 4.78 is 5.24. The number of nitrogens with zero attached hydrogens (tertiary/aromatic N) is 4. The van der Waals surface area contributed by atoms with Gasteiger partial charge in [0.15, 0.2) is 0 Å². The van der Waals surface area contributed by atoms with Gasteiger partial charge in [-0.1, -0.05) is 42.5 Å². The van der Waals surface area contributed by atoms with Crippen molar-refractivity contribution in [1.29, 1.82) is 0 Å². The third-order valence-electron chi connectivity index (χ3n) is 4.56. The lowest BCUT2D eigenvalue weighted by Crippen LogP contribution is -2.20. The minimum Gasteiger partial charge on any atom is -0.495 e. The number of methoxy groups -OCH3 is 1. The first-order valence-electron chi connectivity index (χ1n) is 9.80. The predicted molar refractivity (Wildman–Crippen MR) is 119 cm³/mol. The van der Waals surface area contributed by atoms with Crippen LogP contribution in [0, 0.1) is 0 Å². The molecule has 1 heterocycles. The van der Waals surface area contributed by atoms with Crippen LogP contribution in [0.4, 0.5) is 11.4 Å². The topological polar surface area (TPSA) is 111 Å². The normalized spacial score (nSPS) is 10.4. The van der Waals surface area contributed by atoms with Crippen molar-refractivity contribution in [2.75, 3.05) is 17.7 Å². The van der Waals surface area contributed by atoms with Gasteiger partial charge in [-0.25, -0.2) is 0 Å². The summed E-state index contributed by atoms with van der Waals surface area (Å²) in [6.07, 6.45) is 0. The van der Waals surface area contributed by atoms with Gasteiger partial charge in [-0.05, 0) is 41.6 Å². The summed E-state index contributed by atoms with van der Waals surface area (Å²) in [6, 6.07) is 23.1. The van der Waals surface area contributed by atoms with Crippen LogP contribution in [0.1, 0.15) is 10.4 Å².